The van der Waals surface area contributed by atoms with Gasteiger partial charge >= 0.3 is 6.09 Å². The molecule has 2 aromatic carbocycles. The summed E-state index contributed by atoms with van der Waals surface area (Å²) in [6.45, 7) is 0.244. The number of amides is 2. The van der Waals surface area contributed by atoms with E-state index in [4.69, 9.17) is 14.2 Å². The first-order valence-corrected chi connectivity index (χ1v) is 15.3. The molecule has 3 saturated heterocycles. The van der Waals surface area contributed by atoms with Crippen LogP contribution in [0.1, 0.15) is 24.8 Å². The second-order valence-corrected chi connectivity index (χ2v) is 12.6. The van der Waals surface area contributed by atoms with Crippen LogP contribution in [0.4, 0.5) is 10.5 Å². The molecule has 13 nitrogen and oxygen atoms in total. The number of hydrogen-bond donors (Lipinski definition) is 3. The molecule has 2 amide bonds. The fraction of sp³-hybridized carbons (Fsp3) is 0.500. The smallest absolute Gasteiger partial charge is 0.407 e. The second-order valence-electron chi connectivity index (χ2n) is 10.7. The third-order valence-corrected chi connectivity index (χ3v) is 9.64. The van der Waals surface area contributed by atoms with E-state index in [9.17, 15) is 28.0 Å². The van der Waals surface area contributed by atoms with E-state index >= 15 is 0 Å². The first-order chi connectivity index (χ1) is 20.2. The Hall–Kier alpha value is -3.43. The van der Waals surface area contributed by atoms with Crippen molar-refractivity contribution in [1.82, 2.24) is 14.9 Å². The number of rotatable bonds is 12. The van der Waals surface area contributed by atoms with Crippen LogP contribution >= 0.6 is 0 Å². The molecule has 42 heavy (non-hydrogen) atoms. The number of sulfonamides is 1. The number of fused-ring (bicyclic) bond motifs is 1. The lowest BCUT2D eigenvalue weighted by molar-refractivity contribution is -0.119. The van der Waals surface area contributed by atoms with Crippen LogP contribution in [0.5, 0.6) is 0 Å². The van der Waals surface area contributed by atoms with E-state index in [-0.39, 0.29) is 54.9 Å². The van der Waals surface area contributed by atoms with E-state index in [1.165, 1.54) is 24.3 Å². The molecular formula is C28H34N4O9S. The molecule has 0 aromatic heterocycles. The zero-order chi connectivity index (χ0) is 29.7. The summed E-state index contributed by atoms with van der Waals surface area (Å²) in [5.41, 5.74) is 0.877. The molecule has 3 heterocycles. The van der Waals surface area contributed by atoms with Gasteiger partial charge < -0.3 is 30.0 Å². The molecule has 226 valence electrons. The van der Waals surface area contributed by atoms with E-state index in [2.05, 4.69) is 15.8 Å². The maximum absolute atomic E-state index is 13.7. The first-order valence-electron chi connectivity index (χ1n) is 13.9. The van der Waals surface area contributed by atoms with Crippen molar-refractivity contribution in [2.24, 2.45) is 11.1 Å². The molecule has 2 aromatic rings. The Kier molecular flexibility index (Phi) is 9.48. The number of alkyl carbamates (subject to hydrolysis) is 1. The van der Waals surface area contributed by atoms with Crippen LogP contribution in [-0.4, -0.2) is 86.7 Å². The number of hydrogen-bond acceptors (Lipinski definition) is 10. The Balaban J connectivity index is 1.35. The van der Waals surface area contributed by atoms with Crippen molar-refractivity contribution in [2.75, 3.05) is 26.3 Å². The Morgan fingerprint density at radius 1 is 1.14 bits per heavy atom. The normalized spacial score (nSPS) is 25.0. The van der Waals surface area contributed by atoms with Crippen molar-refractivity contribution in [3.63, 3.8) is 0 Å². The lowest BCUT2D eigenvalue weighted by Crippen LogP contribution is -2.53. The molecule has 0 radical (unpaired) electrons. The summed E-state index contributed by atoms with van der Waals surface area (Å²) in [4.78, 5) is 35.6. The van der Waals surface area contributed by atoms with Crippen LogP contribution in [0.3, 0.4) is 0 Å². The molecule has 3 fully saturated rings. The van der Waals surface area contributed by atoms with Gasteiger partial charge in [0.05, 0.1) is 36.2 Å². The molecule has 0 aliphatic carbocycles. The number of nitrogens with one attached hydrogen (secondary N) is 2. The maximum Gasteiger partial charge on any atom is 0.407 e. The summed E-state index contributed by atoms with van der Waals surface area (Å²) in [6.07, 6.45) is -1.42. The van der Waals surface area contributed by atoms with Crippen molar-refractivity contribution < 1.29 is 37.3 Å². The Morgan fingerprint density at radius 3 is 2.60 bits per heavy atom. The molecule has 3 aliphatic heterocycles. The highest BCUT2D eigenvalue weighted by Crippen LogP contribution is 2.33. The SMILES string of the molecule is O=Nc1ccc(S(=O)(=O)N(CC(O)C(Cc2ccccc2)NC(=O)OC2CO[C@H]3OCC[C@@H]23)C[C@@H]2CCC(=O)N2)cc1. The summed E-state index contributed by atoms with van der Waals surface area (Å²) >= 11 is 0. The molecule has 3 aliphatic rings. The summed E-state index contributed by atoms with van der Waals surface area (Å²) in [5, 5.41) is 19.8. The lowest BCUT2D eigenvalue weighted by atomic mass is 10.0. The van der Waals surface area contributed by atoms with Crippen LogP contribution < -0.4 is 10.6 Å². The Labute approximate surface area is 243 Å². The minimum atomic E-state index is -4.19. The summed E-state index contributed by atoms with van der Waals surface area (Å²) in [5.74, 6) is -0.257. The number of carbonyl (C=O) groups is 2. The third kappa shape index (κ3) is 7.13. The molecule has 0 bridgehead atoms. The molecule has 0 spiro atoms. The zero-order valence-electron chi connectivity index (χ0n) is 22.8. The van der Waals surface area contributed by atoms with Crippen LogP contribution in [0.2, 0.25) is 0 Å². The highest BCUT2D eigenvalue weighted by atomic mass is 32.2. The van der Waals surface area contributed by atoms with Crippen LogP contribution in [-0.2, 0) is 35.4 Å². The minimum absolute atomic E-state index is 0.0670. The van der Waals surface area contributed by atoms with Gasteiger partial charge in [0.1, 0.15) is 11.8 Å². The summed E-state index contributed by atoms with van der Waals surface area (Å²) in [7, 11) is -4.19. The van der Waals surface area contributed by atoms with Crippen molar-refractivity contribution in [2.45, 2.75) is 61.2 Å². The number of ether oxygens (including phenoxy) is 3. The molecule has 6 atom stereocenters. The first kappa shape index (κ1) is 30.0. The van der Waals surface area contributed by atoms with Gasteiger partial charge in [-0.05, 0) is 54.3 Å². The van der Waals surface area contributed by atoms with Crippen LogP contribution in [0, 0.1) is 10.8 Å². The predicted molar refractivity (Wildman–Crippen MR) is 149 cm³/mol. The fourth-order valence-corrected chi connectivity index (χ4v) is 7.02. The second kappa shape index (κ2) is 13.3. The largest absolute Gasteiger partial charge is 0.443 e. The highest BCUT2D eigenvalue weighted by molar-refractivity contribution is 7.89. The third-order valence-electron chi connectivity index (χ3n) is 7.79. The molecular weight excluding hydrogens is 568 g/mol. The van der Waals surface area contributed by atoms with Crippen molar-refractivity contribution in [1.29, 1.82) is 0 Å². The van der Waals surface area contributed by atoms with Gasteiger partial charge in [0.15, 0.2) is 6.29 Å². The quantitative estimate of drug-likeness (QED) is 0.306. The van der Waals surface area contributed by atoms with Gasteiger partial charge in [-0.3, -0.25) is 4.79 Å². The zero-order valence-corrected chi connectivity index (χ0v) is 23.6. The summed E-state index contributed by atoms with van der Waals surface area (Å²) < 4.78 is 45.2. The van der Waals surface area contributed by atoms with Gasteiger partial charge in [0.25, 0.3) is 0 Å². The number of aliphatic hydroxyl groups is 1. The molecule has 14 heteroatoms. The van der Waals surface area contributed by atoms with Crippen molar-refractivity contribution >= 4 is 27.7 Å². The van der Waals surface area contributed by atoms with E-state index in [1.54, 1.807) is 0 Å². The van der Waals surface area contributed by atoms with Gasteiger partial charge in [-0.1, -0.05) is 30.3 Å². The van der Waals surface area contributed by atoms with E-state index in [0.717, 1.165) is 9.87 Å². The standard InChI is InChI=1S/C28H34N4O9S/c33-24(16-32(15-20-8-11-26(34)29-20)42(37,38)21-9-6-19(31-36)7-10-21)23(14-18-4-2-1-3-5-18)30-28(35)41-25-17-40-27-22(25)12-13-39-27/h1-7,9-10,20,22-25,27,33H,8,11-17H2,(H,29,34)(H,30,35)/t20-,22-,23?,24?,25?,27+/m0/s1. The topological polar surface area (TPSA) is 173 Å². The van der Waals surface area contributed by atoms with Gasteiger partial charge in [0.2, 0.25) is 15.9 Å². The van der Waals surface area contributed by atoms with Crippen molar-refractivity contribution in [3.05, 3.63) is 65.1 Å². The monoisotopic (exact) mass is 602 g/mol. The van der Waals surface area contributed by atoms with E-state index < -0.39 is 46.7 Å². The minimum Gasteiger partial charge on any atom is -0.443 e. The maximum atomic E-state index is 13.7. The molecule has 3 N–H and O–H groups in total. The van der Waals surface area contributed by atoms with Crippen LogP contribution in [0.25, 0.3) is 0 Å². The fourth-order valence-electron chi connectivity index (χ4n) is 5.52. The average Bonchev–Trinajstić information content (AvgIpc) is 3.72. The Morgan fingerprint density at radius 2 is 1.90 bits per heavy atom. The van der Waals surface area contributed by atoms with Crippen LogP contribution in [0.15, 0.2) is 64.7 Å². The molecule has 0 saturated carbocycles. The van der Waals surface area contributed by atoms with Crippen molar-refractivity contribution in [3.8, 4) is 0 Å². The number of benzene rings is 2. The van der Waals surface area contributed by atoms with E-state index in [1.807, 2.05) is 30.3 Å². The number of nitroso groups, excluding NO2 is 1. The number of carbonyl (C=O) groups excluding carboxylic acids is 2. The van der Waals surface area contributed by atoms with Gasteiger partial charge in [-0.25, -0.2) is 13.2 Å². The average molecular weight is 603 g/mol. The van der Waals surface area contributed by atoms with E-state index in [0.29, 0.717) is 19.4 Å². The number of nitrogens with zero attached hydrogens (tertiary/aromatic N) is 2. The summed E-state index contributed by atoms with van der Waals surface area (Å²) in [6, 6.07) is 12.9. The predicted octanol–water partition coefficient (Wildman–Crippen LogP) is 1.81. The highest BCUT2D eigenvalue weighted by Gasteiger charge is 2.44. The Bertz CT molecular complexity index is 1360. The van der Waals surface area contributed by atoms with Gasteiger partial charge in [0, 0.05) is 25.6 Å². The van der Waals surface area contributed by atoms with Gasteiger partial charge in [-0.15, -0.1) is 4.91 Å². The molecule has 3 unspecified atom stereocenters. The number of aliphatic hydroxyl groups excluding tert-OH is 1. The lowest BCUT2D eigenvalue weighted by Gasteiger charge is -2.31. The van der Waals surface area contributed by atoms with Gasteiger partial charge in [-0.2, -0.15) is 4.31 Å². The molecule has 5 rings (SSSR count).